The molecule has 2 aromatic heterocycles. The number of benzene rings is 1. The summed E-state index contributed by atoms with van der Waals surface area (Å²) in [5, 5.41) is 9.31. The van der Waals surface area contributed by atoms with Crippen LogP contribution in [0.3, 0.4) is 0 Å². The number of hydrogen-bond donors (Lipinski definition) is 2. The summed E-state index contributed by atoms with van der Waals surface area (Å²) < 4.78 is 10.3. The minimum atomic E-state index is -0.141. The summed E-state index contributed by atoms with van der Waals surface area (Å²) in [5.74, 6) is 1.15. The predicted octanol–water partition coefficient (Wildman–Crippen LogP) is 3.25. The number of carbonyl (C=O) groups is 2. The van der Waals surface area contributed by atoms with Gasteiger partial charge in [-0.25, -0.2) is 0 Å². The lowest BCUT2D eigenvalue weighted by molar-refractivity contribution is -0.116. The number of anilines is 2. The van der Waals surface area contributed by atoms with Crippen molar-refractivity contribution in [3.63, 3.8) is 0 Å². The minimum absolute atomic E-state index is 0.108. The first-order chi connectivity index (χ1) is 12.6. The molecule has 8 heteroatoms. The second-order valence-corrected chi connectivity index (χ2v) is 5.65. The molecule has 8 nitrogen and oxygen atoms in total. The quantitative estimate of drug-likeness (QED) is 0.674. The number of amides is 2. The zero-order valence-corrected chi connectivity index (χ0v) is 14.2. The summed E-state index contributed by atoms with van der Waals surface area (Å²) >= 11 is 0. The normalized spacial score (nSPS) is 10.5. The van der Waals surface area contributed by atoms with Crippen LogP contribution in [-0.2, 0) is 16.0 Å². The molecule has 1 aromatic carbocycles. The Morgan fingerprint density at radius 1 is 1.08 bits per heavy atom. The van der Waals surface area contributed by atoms with E-state index in [4.69, 9.17) is 8.94 Å². The number of nitrogens with zero attached hydrogens (tertiary/aromatic N) is 2. The monoisotopic (exact) mass is 354 g/mol. The fourth-order valence-electron chi connectivity index (χ4n) is 2.33. The van der Waals surface area contributed by atoms with Crippen molar-refractivity contribution in [3.8, 4) is 11.6 Å². The molecule has 0 fully saturated rings. The number of nitrogens with one attached hydrogen (secondary N) is 2. The zero-order valence-electron chi connectivity index (χ0n) is 14.2. The standard InChI is InChI=1S/C18H18N4O4/c1-12(23)19-13-7-9-14(10-8-13)20-16(24)5-2-6-17-21-18(22-26-17)15-4-3-11-25-15/h3-4,7-11H,2,5-6H2,1H3,(H,19,23)(H,20,24). The van der Waals surface area contributed by atoms with Crippen LogP contribution in [0.2, 0.25) is 0 Å². The van der Waals surface area contributed by atoms with Crippen molar-refractivity contribution in [2.75, 3.05) is 10.6 Å². The molecular weight excluding hydrogens is 336 g/mol. The molecule has 0 unspecified atom stereocenters. The zero-order chi connectivity index (χ0) is 18.4. The van der Waals surface area contributed by atoms with E-state index in [1.54, 1.807) is 42.7 Å². The van der Waals surface area contributed by atoms with Gasteiger partial charge in [0.2, 0.25) is 23.5 Å². The molecule has 2 N–H and O–H groups in total. The van der Waals surface area contributed by atoms with Gasteiger partial charge in [-0.1, -0.05) is 5.16 Å². The first-order valence-corrected chi connectivity index (χ1v) is 8.14. The SMILES string of the molecule is CC(=O)Nc1ccc(NC(=O)CCCc2nc(-c3ccco3)no2)cc1. The third-order valence-corrected chi connectivity index (χ3v) is 3.49. The number of aryl methyl sites for hydroxylation is 1. The van der Waals surface area contributed by atoms with Crippen molar-refractivity contribution in [1.82, 2.24) is 10.1 Å². The number of hydrogen-bond acceptors (Lipinski definition) is 6. The second kappa shape index (κ2) is 8.11. The fraction of sp³-hybridized carbons (Fsp3) is 0.222. The highest BCUT2D eigenvalue weighted by Crippen LogP contribution is 2.17. The summed E-state index contributed by atoms with van der Waals surface area (Å²) in [6, 6.07) is 10.4. The molecule has 0 aliphatic heterocycles. The molecule has 3 rings (SSSR count). The highest BCUT2D eigenvalue weighted by atomic mass is 16.5. The molecule has 0 aliphatic rings. The van der Waals surface area contributed by atoms with E-state index in [0.717, 1.165) is 0 Å². The average molecular weight is 354 g/mol. The summed E-state index contributed by atoms with van der Waals surface area (Å²) in [7, 11) is 0. The Bertz CT molecular complexity index is 869. The Morgan fingerprint density at radius 2 is 1.81 bits per heavy atom. The van der Waals surface area contributed by atoms with E-state index >= 15 is 0 Å². The number of rotatable bonds is 7. The van der Waals surface area contributed by atoms with Crippen molar-refractivity contribution in [3.05, 3.63) is 48.6 Å². The van der Waals surface area contributed by atoms with E-state index in [2.05, 4.69) is 20.8 Å². The molecule has 0 radical (unpaired) electrons. The van der Waals surface area contributed by atoms with E-state index in [1.807, 2.05) is 0 Å². The lowest BCUT2D eigenvalue weighted by Gasteiger charge is -2.06. The summed E-state index contributed by atoms with van der Waals surface area (Å²) in [6.07, 6.45) is 2.95. The van der Waals surface area contributed by atoms with Crippen molar-refractivity contribution in [2.45, 2.75) is 26.2 Å². The summed E-state index contributed by atoms with van der Waals surface area (Å²) in [4.78, 5) is 27.2. The van der Waals surface area contributed by atoms with Gasteiger partial charge in [0.1, 0.15) is 0 Å². The lowest BCUT2D eigenvalue weighted by Crippen LogP contribution is -2.11. The van der Waals surface area contributed by atoms with Crippen LogP contribution < -0.4 is 10.6 Å². The molecule has 0 bridgehead atoms. The molecule has 26 heavy (non-hydrogen) atoms. The van der Waals surface area contributed by atoms with Gasteiger partial charge in [-0.3, -0.25) is 9.59 Å². The Morgan fingerprint density at radius 3 is 2.46 bits per heavy atom. The molecule has 2 heterocycles. The van der Waals surface area contributed by atoms with Crippen molar-refractivity contribution in [1.29, 1.82) is 0 Å². The Kier molecular flexibility index (Phi) is 5.43. The Balaban J connectivity index is 1.43. The Labute approximate surface area is 149 Å². The van der Waals surface area contributed by atoms with Gasteiger partial charge in [-0.2, -0.15) is 4.98 Å². The topological polar surface area (TPSA) is 110 Å². The smallest absolute Gasteiger partial charge is 0.238 e. The highest BCUT2D eigenvalue weighted by molar-refractivity contribution is 5.92. The molecule has 134 valence electrons. The van der Waals surface area contributed by atoms with Gasteiger partial charge in [0, 0.05) is 31.1 Å². The van der Waals surface area contributed by atoms with E-state index in [-0.39, 0.29) is 11.8 Å². The average Bonchev–Trinajstić information content (AvgIpc) is 3.27. The van der Waals surface area contributed by atoms with Crippen LogP contribution in [0.4, 0.5) is 11.4 Å². The first kappa shape index (κ1) is 17.4. The second-order valence-electron chi connectivity index (χ2n) is 5.65. The largest absolute Gasteiger partial charge is 0.461 e. The molecular formula is C18H18N4O4. The third kappa shape index (κ3) is 4.79. The maximum absolute atomic E-state index is 12.0. The fourth-order valence-corrected chi connectivity index (χ4v) is 2.33. The Hall–Kier alpha value is -3.42. The highest BCUT2D eigenvalue weighted by Gasteiger charge is 2.11. The van der Waals surface area contributed by atoms with Gasteiger partial charge in [-0.15, -0.1) is 0 Å². The predicted molar refractivity (Wildman–Crippen MR) is 94.3 cm³/mol. The van der Waals surface area contributed by atoms with Gasteiger partial charge in [-0.05, 0) is 42.8 Å². The van der Waals surface area contributed by atoms with E-state index < -0.39 is 0 Å². The molecule has 0 atom stereocenters. The van der Waals surface area contributed by atoms with Gasteiger partial charge in [0.05, 0.1) is 6.26 Å². The molecule has 3 aromatic rings. The number of carbonyl (C=O) groups excluding carboxylic acids is 2. The van der Waals surface area contributed by atoms with Crippen LogP contribution in [0.15, 0.2) is 51.6 Å². The van der Waals surface area contributed by atoms with Crippen molar-refractivity contribution in [2.24, 2.45) is 0 Å². The summed E-state index contributed by atoms with van der Waals surface area (Å²) in [6.45, 7) is 1.44. The maximum atomic E-state index is 12.0. The minimum Gasteiger partial charge on any atom is -0.461 e. The van der Waals surface area contributed by atoms with Crippen LogP contribution in [-0.4, -0.2) is 22.0 Å². The van der Waals surface area contributed by atoms with Crippen LogP contribution in [0, 0.1) is 0 Å². The third-order valence-electron chi connectivity index (χ3n) is 3.49. The van der Waals surface area contributed by atoms with E-state index in [0.29, 0.717) is 48.1 Å². The maximum Gasteiger partial charge on any atom is 0.238 e. The molecule has 0 aliphatic carbocycles. The lowest BCUT2D eigenvalue weighted by atomic mass is 10.2. The van der Waals surface area contributed by atoms with Gasteiger partial charge in [0.25, 0.3) is 0 Å². The molecule has 2 amide bonds. The first-order valence-electron chi connectivity index (χ1n) is 8.14. The van der Waals surface area contributed by atoms with Crippen molar-refractivity contribution >= 4 is 23.2 Å². The molecule has 0 saturated carbocycles. The van der Waals surface area contributed by atoms with Crippen LogP contribution in [0.1, 0.15) is 25.7 Å². The van der Waals surface area contributed by atoms with Gasteiger partial charge in [0.15, 0.2) is 5.76 Å². The number of aromatic nitrogens is 2. The van der Waals surface area contributed by atoms with Crippen LogP contribution in [0.25, 0.3) is 11.6 Å². The summed E-state index contributed by atoms with van der Waals surface area (Å²) in [5.41, 5.74) is 1.35. The van der Waals surface area contributed by atoms with Crippen molar-refractivity contribution < 1.29 is 18.5 Å². The van der Waals surface area contributed by atoms with Crippen LogP contribution in [0.5, 0.6) is 0 Å². The van der Waals surface area contributed by atoms with Crippen LogP contribution >= 0.6 is 0 Å². The molecule has 0 saturated heterocycles. The van der Waals surface area contributed by atoms with Gasteiger partial charge >= 0.3 is 0 Å². The van der Waals surface area contributed by atoms with E-state index in [1.165, 1.54) is 6.92 Å². The molecule has 0 spiro atoms. The van der Waals surface area contributed by atoms with E-state index in [9.17, 15) is 9.59 Å². The number of furan rings is 1. The van der Waals surface area contributed by atoms with Gasteiger partial charge < -0.3 is 19.6 Å².